The number of nitrogens with one attached hydrogen (secondary N) is 1. The van der Waals surface area contributed by atoms with Crippen molar-refractivity contribution < 1.29 is 14.3 Å². The van der Waals surface area contributed by atoms with Crippen molar-refractivity contribution in [3.8, 4) is 5.75 Å². The van der Waals surface area contributed by atoms with Gasteiger partial charge in [-0.3, -0.25) is 9.69 Å². The van der Waals surface area contributed by atoms with Gasteiger partial charge < -0.3 is 20.5 Å². The minimum Gasteiger partial charge on any atom is -0.484 e. The number of nitrogens with zero attached hydrogens (tertiary/aromatic N) is 1. The quantitative estimate of drug-likeness (QED) is 0.737. The summed E-state index contributed by atoms with van der Waals surface area (Å²) in [5.74, 6) is 0.209. The van der Waals surface area contributed by atoms with Crippen molar-refractivity contribution in [2.75, 3.05) is 39.5 Å². The van der Waals surface area contributed by atoms with Gasteiger partial charge in [0.25, 0.3) is 5.91 Å². The van der Waals surface area contributed by atoms with E-state index in [9.17, 15) is 4.79 Å². The van der Waals surface area contributed by atoms with Crippen LogP contribution in [0.5, 0.6) is 5.75 Å². The van der Waals surface area contributed by atoms with E-state index in [2.05, 4.69) is 10.2 Å². The molecule has 1 aromatic rings. The number of benzene rings is 1. The molecule has 2 fully saturated rings. The molecule has 0 atom stereocenters. The normalized spacial score (nSPS) is 20.6. The van der Waals surface area contributed by atoms with E-state index in [0.717, 1.165) is 39.4 Å². The summed E-state index contributed by atoms with van der Waals surface area (Å²) in [6.45, 7) is 5.58. The van der Waals surface area contributed by atoms with Gasteiger partial charge in [-0.15, -0.1) is 0 Å². The maximum absolute atomic E-state index is 10.8. The molecule has 6 nitrogen and oxygen atoms in total. The van der Waals surface area contributed by atoms with Crippen LogP contribution in [0.1, 0.15) is 37.7 Å². The fourth-order valence-corrected chi connectivity index (χ4v) is 4.15. The summed E-state index contributed by atoms with van der Waals surface area (Å²) in [5, 5.41) is 3.68. The van der Waals surface area contributed by atoms with Crippen molar-refractivity contribution in [1.29, 1.82) is 0 Å². The summed E-state index contributed by atoms with van der Waals surface area (Å²) >= 11 is 0. The molecular formula is C20H31N3O3. The zero-order chi connectivity index (χ0) is 18.2. The average Bonchev–Trinajstić information content (AvgIpc) is 2.69. The largest absolute Gasteiger partial charge is 0.484 e. The van der Waals surface area contributed by atoms with Crippen LogP contribution in [0.3, 0.4) is 0 Å². The summed E-state index contributed by atoms with van der Waals surface area (Å²) in [4.78, 5) is 13.4. The first-order valence-corrected chi connectivity index (χ1v) is 9.72. The lowest BCUT2D eigenvalue weighted by molar-refractivity contribution is -0.119. The minimum absolute atomic E-state index is 0.0837. The standard InChI is InChI=1S/C20H31N3O3/c21-19(24)15-26-18-6-4-17(5-7-18)14-22-16-20(8-2-1-3-9-20)23-10-12-25-13-11-23/h4-7,22H,1-3,8-16H2,(H2,21,24). The first kappa shape index (κ1) is 19.1. The van der Waals surface area contributed by atoms with Gasteiger partial charge in [0.05, 0.1) is 13.2 Å². The van der Waals surface area contributed by atoms with Crippen LogP contribution in [-0.2, 0) is 16.1 Å². The van der Waals surface area contributed by atoms with Crippen molar-refractivity contribution in [2.45, 2.75) is 44.2 Å². The molecule has 1 amide bonds. The van der Waals surface area contributed by atoms with Gasteiger partial charge in [-0.1, -0.05) is 31.4 Å². The lowest BCUT2D eigenvalue weighted by atomic mass is 9.79. The monoisotopic (exact) mass is 361 g/mol. The Labute approximate surface area is 156 Å². The molecule has 1 saturated heterocycles. The SMILES string of the molecule is NC(=O)COc1ccc(CNCC2(N3CCOCC3)CCCCC2)cc1. The van der Waals surface area contributed by atoms with Gasteiger partial charge in [-0.2, -0.15) is 0 Å². The van der Waals surface area contributed by atoms with Crippen LogP contribution in [0, 0.1) is 0 Å². The molecule has 2 aliphatic rings. The topological polar surface area (TPSA) is 76.8 Å². The number of ether oxygens (including phenoxy) is 2. The van der Waals surface area contributed by atoms with Crippen molar-refractivity contribution in [3.63, 3.8) is 0 Å². The Balaban J connectivity index is 1.52. The Bertz CT molecular complexity index is 564. The van der Waals surface area contributed by atoms with Crippen LogP contribution >= 0.6 is 0 Å². The smallest absolute Gasteiger partial charge is 0.255 e. The molecule has 0 spiro atoms. The van der Waals surface area contributed by atoms with Gasteiger partial charge in [-0.25, -0.2) is 0 Å². The third kappa shape index (κ3) is 5.19. The lowest BCUT2D eigenvalue weighted by Crippen LogP contribution is -2.59. The van der Waals surface area contributed by atoms with E-state index in [1.165, 1.54) is 37.7 Å². The second-order valence-electron chi connectivity index (χ2n) is 7.39. The summed E-state index contributed by atoms with van der Waals surface area (Å²) in [6.07, 6.45) is 6.56. The predicted molar refractivity (Wildman–Crippen MR) is 101 cm³/mol. The van der Waals surface area contributed by atoms with E-state index in [1.54, 1.807) is 0 Å². The second-order valence-corrected chi connectivity index (χ2v) is 7.39. The summed E-state index contributed by atoms with van der Waals surface area (Å²) in [5.41, 5.74) is 6.59. The Morgan fingerprint density at radius 1 is 1.15 bits per heavy atom. The molecule has 1 aromatic carbocycles. The fourth-order valence-electron chi connectivity index (χ4n) is 4.15. The first-order chi connectivity index (χ1) is 12.7. The number of amides is 1. The van der Waals surface area contributed by atoms with Crippen LogP contribution in [0.4, 0.5) is 0 Å². The minimum atomic E-state index is -0.461. The lowest BCUT2D eigenvalue weighted by Gasteiger charge is -2.48. The Hall–Kier alpha value is -1.63. The Kier molecular flexibility index (Phi) is 6.88. The van der Waals surface area contributed by atoms with Gasteiger partial charge in [0.15, 0.2) is 6.61 Å². The highest BCUT2D eigenvalue weighted by Gasteiger charge is 2.38. The van der Waals surface area contributed by atoms with Gasteiger partial charge in [0.1, 0.15) is 5.75 Å². The molecular weight excluding hydrogens is 330 g/mol. The highest BCUT2D eigenvalue weighted by Crippen LogP contribution is 2.34. The van der Waals surface area contributed by atoms with Gasteiger partial charge in [-0.05, 0) is 30.5 Å². The van der Waals surface area contributed by atoms with E-state index in [1.807, 2.05) is 24.3 Å². The third-order valence-corrected chi connectivity index (χ3v) is 5.55. The molecule has 1 heterocycles. The summed E-state index contributed by atoms with van der Waals surface area (Å²) < 4.78 is 10.9. The number of morpholine rings is 1. The highest BCUT2D eigenvalue weighted by atomic mass is 16.5. The van der Waals surface area contributed by atoms with Crippen LogP contribution in [0.2, 0.25) is 0 Å². The number of hydrogen-bond donors (Lipinski definition) is 2. The molecule has 1 aliphatic carbocycles. The first-order valence-electron chi connectivity index (χ1n) is 9.72. The fraction of sp³-hybridized carbons (Fsp3) is 0.650. The zero-order valence-electron chi connectivity index (χ0n) is 15.5. The van der Waals surface area contributed by atoms with Crippen LogP contribution < -0.4 is 15.8 Å². The van der Waals surface area contributed by atoms with Gasteiger partial charge in [0, 0.05) is 31.7 Å². The van der Waals surface area contributed by atoms with E-state index < -0.39 is 5.91 Å². The van der Waals surface area contributed by atoms with E-state index in [4.69, 9.17) is 15.2 Å². The van der Waals surface area contributed by atoms with E-state index >= 15 is 0 Å². The molecule has 3 rings (SSSR count). The average molecular weight is 361 g/mol. The van der Waals surface area contributed by atoms with Gasteiger partial charge >= 0.3 is 0 Å². The molecule has 6 heteroatoms. The van der Waals surface area contributed by atoms with E-state index in [-0.39, 0.29) is 12.1 Å². The molecule has 144 valence electrons. The number of carbonyl (C=O) groups excluding carboxylic acids is 1. The van der Waals surface area contributed by atoms with Crippen molar-refractivity contribution >= 4 is 5.91 Å². The molecule has 0 bridgehead atoms. The number of hydrogen-bond acceptors (Lipinski definition) is 5. The van der Waals surface area contributed by atoms with Gasteiger partial charge in [0.2, 0.25) is 0 Å². The number of primary amides is 1. The molecule has 0 unspecified atom stereocenters. The Morgan fingerprint density at radius 2 is 1.85 bits per heavy atom. The number of carbonyl (C=O) groups is 1. The maximum atomic E-state index is 10.8. The third-order valence-electron chi connectivity index (χ3n) is 5.55. The molecule has 0 aromatic heterocycles. The van der Waals surface area contributed by atoms with Crippen LogP contribution in [-0.4, -0.2) is 55.8 Å². The molecule has 3 N–H and O–H groups in total. The highest BCUT2D eigenvalue weighted by molar-refractivity contribution is 5.75. The summed E-state index contributed by atoms with van der Waals surface area (Å²) in [7, 11) is 0. The van der Waals surface area contributed by atoms with Crippen LogP contribution in [0.15, 0.2) is 24.3 Å². The van der Waals surface area contributed by atoms with E-state index in [0.29, 0.717) is 5.75 Å². The number of rotatable bonds is 8. The van der Waals surface area contributed by atoms with Crippen LogP contribution in [0.25, 0.3) is 0 Å². The zero-order valence-corrected chi connectivity index (χ0v) is 15.5. The maximum Gasteiger partial charge on any atom is 0.255 e. The molecule has 0 radical (unpaired) electrons. The summed E-state index contributed by atoms with van der Waals surface area (Å²) in [6, 6.07) is 7.84. The Morgan fingerprint density at radius 3 is 2.50 bits per heavy atom. The molecule has 1 aliphatic heterocycles. The van der Waals surface area contributed by atoms with Crippen molar-refractivity contribution in [3.05, 3.63) is 29.8 Å². The molecule has 1 saturated carbocycles. The van der Waals surface area contributed by atoms with Crippen molar-refractivity contribution in [2.24, 2.45) is 5.73 Å². The van der Waals surface area contributed by atoms with Crippen molar-refractivity contribution in [1.82, 2.24) is 10.2 Å². The number of nitrogens with two attached hydrogens (primary N) is 1. The predicted octanol–water partition coefficient (Wildman–Crippen LogP) is 1.68. The molecule has 26 heavy (non-hydrogen) atoms. The second kappa shape index (κ2) is 9.35.